The highest BCUT2D eigenvalue weighted by molar-refractivity contribution is 7.19. The maximum absolute atomic E-state index is 5.64. The number of ether oxygens (including phenoxy) is 2. The van der Waals surface area contributed by atoms with Crippen molar-refractivity contribution in [2.75, 3.05) is 14.2 Å². The van der Waals surface area contributed by atoms with E-state index in [2.05, 4.69) is 43.3 Å². The van der Waals surface area contributed by atoms with Gasteiger partial charge in [0.15, 0.2) is 11.5 Å². The topological polar surface area (TPSA) is 18.5 Å². The molecule has 112 valence electrons. The molecular weight excluding hydrogens is 292 g/mol. The Morgan fingerprint density at radius 3 is 1.68 bits per heavy atom. The Labute approximate surface area is 135 Å². The zero-order valence-corrected chi connectivity index (χ0v) is 13.7. The standard InChI is InChI=1S/C19H18O2S/c1-13-9-11-15(12-10-13)19-17(21-3)16(20-2)18(22-19)14-7-5-4-6-8-14/h4-12H,1-3H3. The minimum Gasteiger partial charge on any atom is -0.491 e. The second-order valence-corrected chi connectivity index (χ2v) is 6.08. The average Bonchev–Trinajstić information content (AvgIpc) is 2.95. The van der Waals surface area contributed by atoms with Crippen molar-refractivity contribution in [2.45, 2.75) is 6.92 Å². The van der Waals surface area contributed by atoms with Crippen LogP contribution in [0.5, 0.6) is 11.5 Å². The first-order valence-corrected chi connectivity index (χ1v) is 7.93. The molecule has 0 bridgehead atoms. The Morgan fingerprint density at radius 2 is 1.18 bits per heavy atom. The molecule has 3 heteroatoms. The van der Waals surface area contributed by atoms with Crippen LogP contribution in [0, 0.1) is 6.92 Å². The molecule has 0 aliphatic rings. The number of aryl methyl sites for hydroxylation is 1. The summed E-state index contributed by atoms with van der Waals surface area (Å²) >= 11 is 1.70. The molecule has 3 rings (SSSR count). The van der Waals surface area contributed by atoms with Gasteiger partial charge in [-0.1, -0.05) is 60.2 Å². The van der Waals surface area contributed by atoms with Crippen LogP contribution in [0.25, 0.3) is 20.9 Å². The maximum Gasteiger partial charge on any atom is 0.180 e. The van der Waals surface area contributed by atoms with Crippen LogP contribution >= 0.6 is 11.3 Å². The molecule has 0 N–H and O–H groups in total. The van der Waals surface area contributed by atoms with Crippen molar-refractivity contribution in [2.24, 2.45) is 0 Å². The Hall–Kier alpha value is -2.26. The van der Waals surface area contributed by atoms with Crippen LogP contribution < -0.4 is 9.47 Å². The summed E-state index contributed by atoms with van der Waals surface area (Å²) in [7, 11) is 3.38. The lowest BCUT2D eigenvalue weighted by Crippen LogP contribution is -1.89. The minimum atomic E-state index is 0.800. The van der Waals surface area contributed by atoms with Gasteiger partial charge >= 0.3 is 0 Å². The normalized spacial score (nSPS) is 10.5. The highest BCUT2D eigenvalue weighted by atomic mass is 32.1. The summed E-state index contributed by atoms with van der Waals surface area (Å²) in [5, 5.41) is 0. The number of methoxy groups -OCH3 is 2. The van der Waals surface area contributed by atoms with Crippen molar-refractivity contribution < 1.29 is 9.47 Å². The molecule has 0 fully saturated rings. The van der Waals surface area contributed by atoms with Crippen molar-refractivity contribution >= 4 is 11.3 Å². The van der Waals surface area contributed by atoms with Crippen LogP contribution in [0.2, 0.25) is 0 Å². The zero-order valence-electron chi connectivity index (χ0n) is 12.9. The van der Waals surface area contributed by atoms with Crippen molar-refractivity contribution in [3.63, 3.8) is 0 Å². The SMILES string of the molecule is COc1c(-c2ccccc2)sc(-c2ccc(C)cc2)c1OC. The molecule has 2 aromatic carbocycles. The monoisotopic (exact) mass is 310 g/mol. The van der Waals surface area contributed by atoms with Gasteiger partial charge in [0.2, 0.25) is 0 Å². The number of rotatable bonds is 4. The first kappa shape index (κ1) is 14.7. The summed E-state index contributed by atoms with van der Waals surface area (Å²) in [5.74, 6) is 1.60. The summed E-state index contributed by atoms with van der Waals surface area (Å²) in [5.41, 5.74) is 3.53. The van der Waals surface area contributed by atoms with E-state index in [1.165, 1.54) is 5.56 Å². The lowest BCUT2D eigenvalue weighted by Gasteiger charge is -2.06. The Bertz CT molecular complexity index is 758. The molecule has 1 heterocycles. The highest BCUT2D eigenvalue weighted by Gasteiger charge is 2.22. The third kappa shape index (κ3) is 2.60. The largest absolute Gasteiger partial charge is 0.491 e. The summed E-state index contributed by atoms with van der Waals surface area (Å²) in [6, 6.07) is 18.7. The molecule has 0 atom stereocenters. The maximum atomic E-state index is 5.64. The lowest BCUT2D eigenvalue weighted by molar-refractivity contribution is 0.360. The molecule has 0 amide bonds. The molecule has 0 unspecified atom stereocenters. The van der Waals surface area contributed by atoms with Crippen molar-refractivity contribution in [3.8, 4) is 32.4 Å². The third-order valence-corrected chi connectivity index (χ3v) is 4.83. The van der Waals surface area contributed by atoms with E-state index in [0.29, 0.717) is 0 Å². The second kappa shape index (κ2) is 6.24. The smallest absolute Gasteiger partial charge is 0.180 e. The average molecular weight is 310 g/mol. The van der Waals surface area contributed by atoms with E-state index in [9.17, 15) is 0 Å². The van der Waals surface area contributed by atoms with Crippen molar-refractivity contribution in [1.82, 2.24) is 0 Å². The highest BCUT2D eigenvalue weighted by Crippen LogP contribution is 2.52. The Morgan fingerprint density at radius 1 is 0.682 bits per heavy atom. The molecule has 0 saturated heterocycles. The summed E-state index contributed by atoms with van der Waals surface area (Å²) < 4.78 is 11.3. The van der Waals surface area contributed by atoms with Gasteiger partial charge < -0.3 is 9.47 Å². The molecule has 0 spiro atoms. The lowest BCUT2D eigenvalue weighted by atomic mass is 10.1. The molecule has 1 aromatic heterocycles. The fourth-order valence-electron chi connectivity index (χ4n) is 2.45. The number of hydrogen-bond acceptors (Lipinski definition) is 3. The van der Waals surface area contributed by atoms with Crippen molar-refractivity contribution in [3.05, 3.63) is 60.2 Å². The van der Waals surface area contributed by atoms with E-state index in [1.807, 2.05) is 18.2 Å². The van der Waals surface area contributed by atoms with Crippen LogP contribution in [-0.2, 0) is 0 Å². The summed E-state index contributed by atoms with van der Waals surface area (Å²) in [6.45, 7) is 2.09. The van der Waals surface area contributed by atoms with Gasteiger partial charge in [-0.2, -0.15) is 0 Å². The van der Waals surface area contributed by atoms with E-state index in [1.54, 1.807) is 25.6 Å². The number of benzene rings is 2. The zero-order chi connectivity index (χ0) is 15.5. The van der Waals surface area contributed by atoms with Crippen LogP contribution in [0.1, 0.15) is 5.56 Å². The summed E-state index contributed by atoms with van der Waals surface area (Å²) in [6.07, 6.45) is 0. The quantitative estimate of drug-likeness (QED) is 0.641. The van der Waals surface area contributed by atoms with Gasteiger partial charge in [0, 0.05) is 0 Å². The van der Waals surface area contributed by atoms with E-state index in [4.69, 9.17) is 9.47 Å². The van der Waals surface area contributed by atoms with E-state index in [-0.39, 0.29) is 0 Å². The van der Waals surface area contributed by atoms with Gasteiger partial charge in [0.25, 0.3) is 0 Å². The number of hydrogen-bond donors (Lipinski definition) is 0. The van der Waals surface area contributed by atoms with Gasteiger partial charge in [-0.25, -0.2) is 0 Å². The van der Waals surface area contributed by atoms with Crippen LogP contribution in [0.4, 0.5) is 0 Å². The molecule has 0 saturated carbocycles. The number of thiophene rings is 1. The van der Waals surface area contributed by atoms with Crippen molar-refractivity contribution in [1.29, 1.82) is 0 Å². The molecule has 2 nitrogen and oxygen atoms in total. The predicted molar refractivity (Wildman–Crippen MR) is 93.0 cm³/mol. The van der Waals surface area contributed by atoms with Crippen LogP contribution in [0.3, 0.4) is 0 Å². The van der Waals surface area contributed by atoms with Gasteiger partial charge in [0.1, 0.15) is 0 Å². The first-order chi connectivity index (χ1) is 10.7. The Balaban J connectivity index is 2.19. The summed E-state index contributed by atoms with van der Waals surface area (Å²) in [4.78, 5) is 2.19. The second-order valence-electron chi connectivity index (χ2n) is 5.06. The molecule has 3 aromatic rings. The molecule has 0 aliphatic carbocycles. The van der Waals surface area contributed by atoms with Gasteiger partial charge in [-0.15, -0.1) is 11.3 Å². The fourth-order valence-corrected chi connectivity index (χ4v) is 3.70. The third-order valence-electron chi connectivity index (χ3n) is 3.58. The molecular formula is C19H18O2S. The first-order valence-electron chi connectivity index (χ1n) is 7.12. The van der Waals surface area contributed by atoms with Gasteiger partial charge in [0.05, 0.1) is 24.0 Å². The predicted octanol–water partition coefficient (Wildman–Crippen LogP) is 5.41. The molecule has 22 heavy (non-hydrogen) atoms. The molecule has 0 radical (unpaired) electrons. The van der Waals surface area contributed by atoms with Crippen LogP contribution in [-0.4, -0.2) is 14.2 Å². The van der Waals surface area contributed by atoms with E-state index >= 15 is 0 Å². The molecule has 0 aliphatic heterocycles. The van der Waals surface area contributed by atoms with Gasteiger partial charge in [-0.05, 0) is 18.1 Å². The van der Waals surface area contributed by atoms with Gasteiger partial charge in [-0.3, -0.25) is 0 Å². The fraction of sp³-hybridized carbons (Fsp3) is 0.158. The minimum absolute atomic E-state index is 0.800. The Kier molecular flexibility index (Phi) is 4.16. The van der Waals surface area contributed by atoms with E-state index < -0.39 is 0 Å². The van der Waals surface area contributed by atoms with Crippen LogP contribution in [0.15, 0.2) is 54.6 Å². The van der Waals surface area contributed by atoms with E-state index in [0.717, 1.165) is 32.4 Å².